The van der Waals surface area contributed by atoms with Crippen molar-refractivity contribution in [2.75, 3.05) is 7.11 Å². The molecule has 4 aliphatic carbocycles. The zero-order chi connectivity index (χ0) is 25.1. The second-order valence-corrected chi connectivity index (χ2v) is 14.0. The number of methoxy groups -OCH3 is 1. The number of carbonyl (C=O) groups is 1. The number of esters is 1. The van der Waals surface area contributed by atoms with Gasteiger partial charge in [-0.2, -0.15) is 0 Å². The maximum atomic E-state index is 13.2. The molecule has 0 radical (unpaired) electrons. The fourth-order valence-electron chi connectivity index (χ4n) is 10.2. The lowest BCUT2D eigenvalue weighted by Gasteiger charge is -2.69. The van der Waals surface area contributed by atoms with Gasteiger partial charge < -0.3 is 4.74 Å². The van der Waals surface area contributed by atoms with E-state index in [0.717, 1.165) is 12.3 Å². The molecule has 0 aliphatic heterocycles. The van der Waals surface area contributed by atoms with Crippen LogP contribution in [0.4, 0.5) is 0 Å². The summed E-state index contributed by atoms with van der Waals surface area (Å²) in [6.07, 6.45) is 15.0. The van der Waals surface area contributed by atoms with Gasteiger partial charge >= 0.3 is 5.97 Å². The van der Waals surface area contributed by atoms with E-state index in [4.69, 9.17) is 4.74 Å². The van der Waals surface area contributed by atoms with Crippen LogP contribution in [0.25, 0.3) is 0 Å². The zero-order valence-electron chi connectivity index (χ0n) is 23.8. The molecule has 2 nitrogen and oxygen atoms in total. The highest BCUT2D eigenvalue weighted by molar-refractivity contribution is 5.77. The molecule has 0 saturated heterocycles. The Hall–Kier alpha value is -1.05. The van der Waals surface area contributed by atoms with Crippen LogP contribution in [-0.4, -0.2) is 13.1 Å². The van der Waals surface area contributed by atoms with Crippen molar-refractivity contribution in [1.82, 2.24) is 0 Å². The van der Waals surface area contributed by atoms with Crippen molar-refractivity contribution in [3.05, 3.63) is 22.8 Å². The predicted molar refractivity (Wildman–Crippen MR) is 142 cm³/mol. The lowest BCUT2D eigenvalue weighted by molar-refractivity contribution is -0.218. The second kappa shape index (κ2) is 8.81. The van der Waals surface area contributed by atoms with Gasteiger partial charge in [0.05, 0.1) is 12.5 Å². The summed E-state index contributed by atoms with van der Waals surface area (Å²) in [5.74, 6) is 2.35. The van der Waals surface area contributed by atoms with Crippen molar-refractivity contribution in [2.45, 2.75) is 120 Å². The topological polar surface area (TPSA) is 26.3 Å². The summed E-state index contributed by atoms with van der Waals surface area (Å²) >= 11 is 0. The van der Waals surface area contributed by atoms with Gasteiger partial charge in [-0.05, 0) is 132 Å². The molecule has 3 unspecified atom stereocenters. The van der Waals surface area contributed by atoms with E-state index in [1.54, 1.807) is 12.7 Å². The van der Waals surface area contributed by atoms with Crippen LogP contribution in [0.3, 0.4) is 0 Å². The Kier molecular flexibility index (Phi) is 6.74. The molecule has 0 heterocycles. The lowest BCUT2D eigenvalue weighted by atomic mass is 9.35. The van der Waals surface area contributed by atoms with E-state index in [0.29, 0.717) is 28.6 Å². The molecule has 0 aromatic heterocycles. The van der Waals surface area contributed by atoms with Crippen molar-refractivity contribution in [3.8, 4) is 0 Å². The number of hydrogen-bond donors (Lipinski definition) is 0. The van der Waals surface area contributed by atoms with Crippen LogP contribution in [0.15, 0.2) is 22.8 Å². The highest BCUT2D eigenvalue weighted by Gasteiger charge is 2.69. The maximum absolute atomic E-state index is 13.2. The van der Waals surface area contributed by atoms with E-state index in [1.807, 2.05) is 5.57 Å². The molecule has 0 aromatic carbocycles. The minimum atomic E-state index is -0.344. The Balaban J connectivity index is 1.67. The number of hydrogen-bond acceptors (Lipinski definition) is 2. The molecule has 0 bridgehead atoms. The van der Waals surface area contributed by atoms with Gasteiger partial charge in [0.2, 0.25) is 0 Å². The first-order valence-corrected chi connectivity index (χ1v) is 14.3. The fraction of sp³-hybridized carbons (Fsp3) is 0.844. The Morgan fingerprint density at radius 2 is 1.65 bits per heavy atom. The van der Waals surface area contributed by atoms with E-state index in [9.17, 15) is 4.79 Å². The fourth-order valence-corrected chi connectivity index (χ4v) is 10.2. The van der Waals surface area contributed by atoms with Crippen molar-refractivity contribution >= 4 is 5.97 Å². The van der Waals surface area contributed by atoms with E-state index >= 15 is 0 Å². The summed E-state index contributed by atoms with van der Waals surface area (Å²) in [5, 5.41) is 0. The van der Waals surface area contributed by atoms with Gasteiger partial charge in [-0.1, -0.05) is 50.5 Å². The predicted octanol–water partition coefficient (Wildman–Crippen LogP) is 8.91. The first-order chi connectivity index (χ1) is 15.9. The van der Waals surface area contributed by atoms with Gasteiger partial charge in [0.1, 0.15) is 0 Å². The SMILES string of the molecule is COC(=O)[C@]1(C)C2CC[C@@]3(C)C(CCC4/C(=C(/C)CCC=C(C)C)CC[C@@]43C)[C@@]2(C)CC[C@@H]1C. The lowest BCUT2D eigenvalue weighted by Crippen LogP contribution is -2.64. The molecule has 0 amide bonds. The highest BCUT2D eigenvalue weighted by Crippen LogP contribution is 2.75. The molecule has 4 saturated carbocycles. The van der Waals surface area contributed by atoms with Gasteiger partial charge in [-0.25, -0.2) is 0 Å². The van der Waals surface area contributed by atoms with Crippen LogP contribution >= 0.6 is 0 Å². The molecule has 4 rings (SSSR count). The largest absolute Gasteiger partial charge is 0.469 e. The van der Waals surface area contributed by atoms with Gasteiger partial charge in [0.25, 0.3) is 0 Å². The quantitative estimate of drug-likeness (QED) is 0.304. The maximum Gasteiger partial charge on any atom is 0.312 e. The number of ether oxygens (including phenoxy) is 1. The summed E-state index contributed by atoms with van der Waals surface area (Å²) in [6, 6.07) is 0. The first-order valence-electron chi connectivity index (χ1n) is 14.3. The van der Waals surface area contributed by atoms with Crippen molar-refractivity contribution < 1.29 is 9.53 Å². The van der Waals surface area contributed by atoms with Crippen molar-refractivity contribution in [3.63, 3.8) is 0 Å². The highest BCUT2D eigenvalue weighted by atomic mass is 16.5. The van der Waals surface area contributed by atoms with E-state index in [1.165, 1.54) is 63.4 Å². The standard InChI is InChI=1S/C32H52O2/c1-21(2)11-10-12-22(3)24-16-19-30(6)25(24)13-14-26-29(5)18-15-23(4)32(8,28(33)34-9)27(29)17-20-31(26,30)7/h11,23,25-27H,10,12-20H2,1-9H3/b24-22-/t23-,25?,26?,27?,29+,30-,31-,32-/m0/s1. The van der Waals surface area contributed by atoms with Crippen LogP contribution < -0.4 is 0 Å². The van der Waals surface area contributed by atoms with Crippen molar-refractivity contribution in [1.29, 1.82) is 0 Å². The molecule has 8 atom stereocenters. The van der Waals surface area contributed by atoms with E-state index < -0.39 is 0 Å². The van der Waals surface area contributed by atoms with Crippen LogP contribution in [0.5, 0.6) is 0 Å². The summed E-state index contributed by atoms with van der Waals surface area (Å²) in [4.78, 5) is 13.2. The molecule has 4 aliphatic rings. The molecule has 192 valence electrons. The number of rotatable bonds is 4. The Bertz CT molecular complexity index is 877. The first kappa shape index (κ1) is 26.0. The average molecular weight is 469 g/mol. The third-order valence-electron chi connectivity index (χ3n) is 12.6. The molecule has 0 N–H and O–H groups in total. The van der Waals surface area contributed by atoms with Gasteiger partial charge in [-0.15, -0.1) is 0 Å². The molecule has 34 heavy (non-hydrogen) atoms. The Morgan fingerprint density at radius 1 is 0.941 bits per heavy atom. The minimum Gasteiger partial charge on any atom is -0.469 e. The summed E-state index contributed by atoms with van der Waals surface area (Å²) in [6.45, 7) is 19.3. The van der Waals surface area contributed by atoms with Crippen molar-refractivity contribution in [2.24, 2.45) is 45.3 Å². The molecule has 4 fully saturated rings. The monoisotopic (exact) mass is 468 g/mol. The molecular formula is C32H52O2. The van der Waals surface area contributed by atoms with Gasteiger partial charge in [-0.3, -0.25) is 4.79 Å². The average Bonchev–Trinajstić information content (AvgIpc) is 3.14. The van der Waals surface area contributed by atoms with Crippen LogP contribution in [0, 0.1) is 45.3 Å². The Labute approximate surface area is 210 Å². The van der Waals surface area contributed by atoms with Crippen LogP contribution in [0.2, 0.25) is 0 Å². The Morgan fingerprint density at radius 3 is 2.29 bits per heavy atom. The number of carbonyl (C=O) groups excluding carboxylic acids is 1. The molecule has 0 aromatic rings. The summed E-state index contributed by atoms with van der Waals surface area (Å²) in [5.41, 5.74) is 5.58. The van der Waals surface area contributed by atoms with Gasteiger partial charge in [0.15, 0.2) is 0 Å². The van der Waals surface area contributed by atoms with E-state index in [2.05, 4.69) is 61.5 Å². The third-order valence-corrected chi connectivity index (χ3v) is 12.6. The number of fused-ring (bicyclic) bond motifs is 5. The smallest absolute Gasteiger partial charge is 0.312 e. The second-order valence-electron chi connectivity index (χ2n) is 14.0. The van der Waals surface area contributed by atoms with E-state index in [-0.39, 0.29) is 16.8 Å². The molecule has 0 spiro atoms. The van der Waals surface area contributed by atoms with Crippen LogP contribution in [-0.2, 0) is 9.53 Å². The summed E-state index contributed by atoms with van der Waals surface area (Å²) in [7, 11) is 1.60. The normalized spacial score (nSPS) is 47.2. The van der Waals surface area contributed by atoms with Gasteiger partial charge in [0, 0.05) is 0 Å². The zero-order valence-corrected chi connectivity index (χ0v) is 23.8. The van der Waals surface area contributed by atoms with Crippen LogP contribution in [0.1, 0.15) is 120 Å². The minimum absolute atomic E-state index is 0.0394. The third kappa shape index (κ3) is 3.51. The number of allylic oxidation sites excluding steroid dienone is 4. The summed E-state index contributed by atoms with van der Waals surface area (Å²) < 4.78 is 5.45. The molecule has 2 heteroatoms. The molecular weight excluding hydrogens is 416 g/mol.